The Kier molecular flexibility index (Phi) is 5.84. The number of hydrogen-bond donors (Lipinski definition) is 1. The Morgan fingerprint density at radius 1 is 1.25 bits per heavy atom. The molecule has 6 nitrogen and oxygen atoms in total. The van der Waals surface area contributed by atoms with Crippen molar-refractivity contribution in [2.75, 3.05) is 11.9 Å². The molecule has 1 amide bonds. The number of ether oxygens (including phenoxy) is 1. The van der Waals surface area contributed by atoms with E-state index in [4.69, 9.17) is 9.15 Å². The van der Waals surface area contributed by atoms with Gasteiger partial charge in [-0.3, -0.25) is 4.79 Å². The van der Waals surface area contributed by atoms with Gasteiger partial charge in [-0.2, -0.15) is 0 Å². The van der Waals surface area contributed by atoms with Crippen molar-refractivity contribution < 1.29 is 18.7 Å². The molecule has 7 heteroatoms. The lowest BCUT2D eigenvalue weighted by molar-refractivity contribution is -0.115. The Morgan fingerprint density at radius 2 is 2.00 bits per heavy atom. The van der Waals surface area contributed by atoms with Gasteiger partial charge in [0.15, 0.2) is 5.13 Å². The van der Waals surface area contributed by atoms with Gasteiger partial charge in [-0.05, 0) is 37.8 Å². The summed E-state index contributed by atoms with van der Waals surface area (Å²) in [5, 5.41) is 4.10. The number of aryl methyl sites for hydroxylation is 3. The molecule has 3 aromatic rings. The van der Waals surface area contributed by atoms with Crippen LogP contribution in [0.3, 0.4) is 0 Å². The highest BCUT2D eigenvalue weighted by molar-refractivity contribution is 7.17. The molecule has 0 saturated carbocycles. The molecule has 0 aliphatic carbocycles. The molecule has 0 unspecified atom stereocenters. The monoisotopic (exact) mass is 400 g/mol. The first kappa shape index (κ1) is 20.1. The van der Waals surface area contributed by atoms with Crippen molar-refractivity contribution in [2.45, 2.75) is 41.0 Å². The number of thiazole rings is 1. The summed E-state index contributed by atoms with van der Waals surface area (Å²) in [4.78, 5) is 29.3. The van der Waals surface area contributed by atoms with Crippen LogP contribution in [0.1, 0.15) is 45.9 Å². The Morgan fingerprint density at radius 3 is 2.71 bits per heavy atom. The van der Waals surface area contributed by atoms with Gasteiger partial charge in [-0.25, -0.2) is 9.78 Å². The van der Waals surface area contributed by atoms with E-state index in [1.165, 1.54) is 0 Å². The molecule has 1 aromatic carbocycles. The van der Waals surface area contributed by atoms with Gasteiger partial charge < -0.3 is 14.5 Å². The Hall–Kier alpha value is -2.67. The molecule has 148 valence electrons. The normalized spacial score (nSPS) is 11.2. The number of amides is 1. The average Bonchev–Trinajstić information content (AvgIpc) is 3.19. The molecule has 2 heterocycles. The number of aromatic nitrogens is 1. The van der Waals surface area contributed by atoms with E-state index in [1.807, 2.05) is 39.8 Å². The van der Waals surface area contributed by atoms with Crippen molar-refractivity contribution in [2.24, 2.45) is 5.92 Å². The molecule has 0 bridgehead atoms. The predicted molar refractivity (Wildman–Crippen MR) is 110 cm³/mol. The summed E-state index contributed by atoms with van der Waals surface area (Å²) in [7, 11) is 0. The van der Waals surface area contributed by atoms with E-state index in [2.05, 4.69) is 10.3 Å². The van der Waals surface area contributed by atoms with Gasteiger partial charge in [0.1, 0.15) is 10.5 Å². The van der Waals surface area contributed by atoms with Crippen LogP contribution in [0.25, 0.3) is 11.0 Å². The Bertz CT molecular complexity index is 1030. The van der Waals surface area contributed by atoms with Gasteiger partial charge in [-0.1, -0.05) is 37.3 Å². The maximum Gasteiger partial charge on any atom is 0.350 e. The van der Waals surface area contributed by atoms with Crippen molar-refractivity contribution in [1.29, 1.82) is 0 Å². The molecule has 0 radical (unpaired) electrons. The number of benzene rings is 1. The van der Waals surface area contributed by atoms with Crippen molar-refractivity contribution in [3.63, 3.8) is 0 Å². The van der Waals surface area contributed by atoms with Crippen LogP contribution in [-0.4, -0.2) is 23.5 Å². The van der Waals surface area contributed by atoms with Gasteiger partial charge in [0.25, 0.3) is 0 Å². The quantitative estimate of drug-likeness (QED) is 0.601. The molecule has 2 aromatic heterocycles. The number of nitrogens with zero attached hydrogens (tertiary/aromatic N) is 1. The fourth-order valence-electron chi connectivity index (χ4n) is 2.81. The van der Waals surface area contributed by atoms with Crippen LogP contribution in [-0.2, 0) is 16.0 Å². The summed E-state index contributed by atoms with van der Waals surface area (Å²) in [6.45, 7) is 10.1. The van der Waals surface area contributed by atoms with Gasteiger partial charge in [-0.15, -0.1) is 0 Å². The molecular weight excluding hydrogens is 376 g/mol. The van der Waals surface area contributed by atoms with E-state index in [1.54, 1.807) is 13.2 Å². The second kappa shape index (κ2) is 8.14. The Balaban J connectivity index is 1.70. The van der Waals surface area contributed by atoms with Crippen LogP contribution in [0.4, 0.5) is 5.13 Å². The van der Waals surface area contributed by atoms with Crippen LogP contribution < -0.4 is 5.32 Å². The number of rotatable bonds is 6. The first-order valence-corrected chi connectivity index (χ1v) is 9.98. The van der Waals surface area contributed by atoms with Crippen molar-refractivity contribution in [3.05, 3.63) is 45.7 Å². The fraction of sp³-hybridized carbons (Fsp3) is 0.381. The molecule has 1 N–H and O–H groups in total. The third kappa shape index (κ3) is 4.25. The maximum atomic E-state index is 12.5. The molecule has 0 aliphatic rings. The minimum absolute atomic E-state index is 0.168. The van der Waals surface area contributed by atoms with Crippen molar-refractivity contribution >= 4 is 39.3 Å². The van der Waals surface area contributed by atoms with E-state index in [0.717, 1.165) is 39.0 Å². The number of furan rings is 1. The third-order valence-corrected chi connectivity index (χ3v) is 5.52. The van der Waals surface area contributed by atoms with E-state index >= 15 is 0 Å². The zero-order valence-corrected chi connectivity index (χ0v) is 17.5. The second-order valence-electron chi connectivity index (χ2n) is 7.30. The van der Waals surface area contributed by atoms with Crippen LogP contribution in [0.2, 0.25) is 0 Å². The number of fused-ring (bicyclic) bond motifs is 1. The van der Waals surface area contributed by atoms with E-state index in [9.17, 15) is 9.59 Å². The van der Waals surface area contributed by atoms with Gasteiger partial charge in [0.2, 0.25) is 5.91 Å². The smallest absolute Gasteiger partial charge is 0.350 e. The van der Waals surface area contributed by atoms with E-state index in [-0.39, 0.29) is 18.2 Å². The molecule has 3 rings (SSSR count). The third-order valence-electron chi connectivity index (χ3n) is 4.47. The van der Waals surface area contributed by atoms with E-state index < -0.39 is 5.97 Å². The molecule has 0 fully saturated rings. The summed E-state index contributed by atoms with van der Waals surface area (Å²) in [5.41, 5.74) is 4.40. The molecule has 0 atom stereocenters. The number of nitrogens with one attached hydrogen (secondary N) is 1. The largest absolute Gasteiger partial charge is 0.464 e. The second-order valence-corrected chi connectivity index (χ2v) is 8.29. The van der Waals surface area contributed by atoms with Crippen LogP contribution in [0.5, 0.6) is 0 Å². The van der Waals surface area contributed by atoms with Crippen LogP contribution in [0.15, 0.2) is 22.8 Å². The molecule has 28 heavy (non-hydrogen) atoms. The van der Waals surface area contributed by atoms with Gasteiger partial charge >= 0.3 is 5.97 Å². The first-order valence-electron chi connectivity index (χ1n) is 9.17. The van der Waals surface area contributed by atoms with Gasteiger partial charge in [0.05, 0.1) is 25.0 Å². The van der Waals surface area contributed by atoms with Crippen LogP contribution in [0, 0.1) is 26.7 Å². The highest BCUT2D eigenvalue weighted by Crippen LogP contribution is 2.28. The summed E-state index contributed by atoms with van der Waals surface area (Å²) in [6, 6.07) is 3.99. The molecule has 0 spiro atoms. The predicted octanol–water partition coefficient (Wildman–Crippen LogP) is 4.81. The van der Waals surface area contributed by atoms with Crippen molar-refractivity contribution in [1.82, 2.24) is 4.98 Å². The molecule has 0 aliphatic heterocycles. The minimum atomic E-state index is -0.407. The fourth-order valence-corrected chi connectivity index (χ4v) is 3.69. The van der Waals surface area contributed by atoms with Gasteiger partial charge in [0, 0.05) is 10.9 Å². The zero-order chi connectivity index (χ0) is 20.4. The van der Waals surface area contributed by atoms with Crippen LogP contribution >= 0.6 is 11.3 Å². The number of esters is 1. The summed E-state index contributed by atoms with van der Waals surface area (Å²) < 4.78 is 10.9. The van der Waals surface area contributed by atoms with Crippen molar-refractivity contribution in [3.8, 4) is 0 Å². The lowest BCUT2D eigenvalue weighted by atomic mass is 10.0. The lowest BCUT2D eigenvalue weighted by Crippen LogP contribution is -2.14. The SMILES string of the molecule is Cc1ccc2c(CC(=O)Nc3nc(C)c(C(=O)OCC(C)C)s3)coc2c1C. The topological polar surface area (TPSA) is 81.4 Å². The average molecular weight is 401 g/mol. The summed E-state index contributed by atoms with van der Waals surface area (Å²) >= 11 is 1.13. The number of carbonyl (C=O) groups is 2. The molecule has 0 saturated heterocycles. The Labute approximate surface area is 167 Å². The summed E-state index contributed by atoms with van der Waals surface area (Å²) in [6.07, 6.45) is 1.79. The molecular formula is C21H24N2O4S. The van der Waals surface area contributed by atoms with E-state index in [0.29, 0.717) is 22.3 Å². The lowest BCUT2D eigenvalue weighted by Gasteiger charge is -2.05. The standard InChI is InChI=1S/C21H24N2O4S/c1-11(2)9-27-20(25)19-14(5)22-21(28-19)23-17(24)8-15-10-26-18-13(4)12(3)6-7-16(15)18/h6-7,10-11H,8-9H2,1-5H3,(H,22,23,24). The minimum Gasteiger partial charge on any atom is -0.464 e. The number of hydrogen-bond acceptors (Lipinski definition) is 6. The zero-order valence-electron chi connectivity index (χ0n) is 16.7. The maximum absolute atomic E-state index is 12.5. The number of carbonyl (C=O) groups excluding carboxylic acids is 2. The first-order chi connectivity index (χ1) is 13.3. The highest BCUT2D eigenvalue weighted by atomic mass is 32.1. The highest BCUT2D eigenvalue weighted by Gasteiger charge is 2.19. The number of anilines is 1. The summed E-state index contributed by atoms with van der Waals surface area (Å²) in [5.74, 6) is -0.360.